The smallest absolute Gasteiger partial charge is 0.462 e. The number of hydrogen-bond acceptors (Lipinski definition) is 15. The van der Waals surface area contributed by atoms with E-state index >= 15 is 0 Å². The number of phosphoric acid groups is 2. The van der Waals surface area contributed by atoms with E-state index in [0.717, 1.165) is 102 Å². The third kappa shape index (κ3) is 75.3. The topological polar surface area (TPSA) is 237 Å². The van der Waals surface area contributed by atoms with Crippen LogP contribution in [0.5, 0.6) is 0 Å². The van der Waals surface area contributed by atoms with Crippen molar-refractivity contribution < 1.29 is 80.2 Å². The number of aliphatic hydroxyl groups is 1. The van der Waals surface area contributed by atoms with E-state index in [1.54, 1.807) is 0 Å². The molecule has 0 radical (unpaired) electrons. The molecule has 0 amide bonds. The van der Waals surface area contributed by atoms with Crippen molar-refractivity contribution in [2.45, 2.75) is 464 Å². The van der Waals surface area contributed by atoms with Gasteiger partial charge in [0.15, 0.2) is 12.2 Å². The highest BCUT2D eigenvalue weighted by Crippen LogP contribution is 2.45. The average molecular weight is 1510 g/mol. The van der Waals surface area contributed by atoms with Crippen LogP contribution in [-0.2, 0) is 65.4 Å². The lowest BCUT2D eigenvalue weighted by molar-refractivity contribution is -0.161. The molecule has 0 aliphatic carbocycles. The van der Waals surface area contributed by atoms with Crippen LogP contribution in [0.2, 0.25) is 0 Å². The molecule has 0 aromatic heterocycles. The SMILES string of the molecule is CCCCCCCCCCCCCCCCCCCCCC(=O)O[C@H](COC(=O)CCCCCCCCCCCCCCCCCCCC)COP(=O)(O)OC[C@@H](O)COP(=O)(O)OC[C@@H](COC(=O)CCCCCCCCCCC(C)CC)OC(=O)CCCCCCCCCCCCC(C)CC. The minimum Gasteiger partial charge on any atom is -0.462 e. The van der Waals surface area contributed by atoms with Crippen LogP contribution in [0.25, 0.3) is 0 Å². The summed E-state index contributed by atoms with van der Waals surface area (Å²) in [5.74, 6) is -0.524. The van der Waals surface area contributed by atoms with Gasteiger partial charge in [-0.3, -0.25) is 37.3 Å². The van der Waals surface area contributed by atoms with Gasteiger partial charge in [0.2, 0.25) is 0 Å². The van der Waals surface area contributed by atoms with Gasteiger partial charge in [0, 0.05) is 25.7 Å². The lowest BCUT2D eigenvalue weighted by Crippen LogP contribution is -2.30. The number of hydrogen-bond donors (Lipinski definition) is 3. The van der Waals surface area contributed by atoms with E-state index < -0.39 is 97.5 Å². The summed E-state index contributed by atoms with van der Waals surface area (Å²) in [6.45, 7) is 9.68. The maximum atomic E-state index is 13.1. The van der Waals surface area contributed by atoms with E-state index in [1.807, 2.05) is 0 Å². The molecule has 0 heterocycles. The van der Waals surface area contributed by atoms with Gasteiger partial charge in [-0.05, 0) is 37.5 Å². The normalized spacial score (nSPS) is 14.4. The Morgan fingerprint density at radius 1 is 0.272 bits per heavy atom. The van der Waals surface area contributed by atoms with E-state index in [4.69, 9.17) is 37.0 Å². The summed E-state index contributed by atoms with van der Waals surface area (Å²) < 4.78 is 68.9. The van der Waals surface area contributed by atoms with Crippen LogP contribution < -0.4 is 0 Å². The van der Waals surface area contributed by atoms with E-state index in [0.29, 0.717) is 25.7 Å². The largest absolute Gasteiger partial charge is 0.472 e. The van der Waals surface area contributed by atoms with E-state index in [9.17, 15) is 43.2 Å². The molecule has 0 rings (SSSR count). The number of carbonyl (C=O) groups excluding carboxylic acids is 4. The second-order valence-electron chi connectivity index (χ2n) is 30.7. The van der Waals surface area contributed by atoms with Crippen LogP contribution in [0.4, 0.5) is 0 Å². The number of rotatable bonds is 83. The van der Waals surface area contributed by atoms with Gasteiger partial charge in [-0.25, -0.2) is 9.13 Å². The van der Waals surface area contributed by atoms with Crippen molar-refractivity contribution in [1.29, 1.82) is 0 Å². The summed E-state index contributed by atoms with van der Waals surface area (Å²) in [7, 11) is -9.93. The Bertz CT molecular complexity index is 1980. The van der Waals surface area contributed by atoms with E-state index in [-0.39, 0.29) is 25.7 Å². The maximum absolute atomic E-state index is 13.1. The lowest BCUT2D eigenvalue weighted by Gasteiger charge is -2.21. The molecular formula is C84H164O17P2. The zero-order valence-electron chi connectivity index (χ0n) is 67.6. The fourth-order valence-corrected chi connectivity index (χ4v) is 14.6. The highest BCUT2D eigenvalue weighted by Gasteiger charge is 2.30. The predicted octanol–water partition coefficient (Wildman–Crippen LogP) is 25.5. The van der Waals surface area contributed by atoms with Crippen LogP contribution in [-0.4, -0.2) is 96.7 Å². The van der Waals surface area contributed by atoms with Crippen LogP contribution in [0.1, 0.15) is 446 Å². The third-order valence-corrected chi connectivity index (χ3v) is 22.3. The summed E-state index contributed by atoms with van der Waals surface area (Å²) in [5, 5.41) is 10.7. The second-order valence-corrected chi connectivity index (χ2v) is 33.6. The summed E-state index contributed by atoms with van der Waals surface area (Å²) >= 11 is 0. The molecule has 0 spiro atoms. The van der Waals surface area contributed by atoms with Gasteiger partial charge in [0.1, 0.15) is 19.3 Å². The molecule has 0 aliphatic heterocycles. The zero-order valence-corrected chi connectivity index (χ0v) is 69.4. The number of unbranched alkanes of at least 4 members (excludes halogenated alkanes) is 51. The quantitative estimate of drug-likeness (QED) is 0.0222. The Morgan fingerprint density at radius 2 is 0.466 bits per heavy atom. The van der Waals surface area contributed by atoms with E-state index in [1.165, 1.54) is 263 Å². The fourth-order valence-electron chi connectivity index (χ4n) is 13.0. The minimum atomic E-state index is -4.96. The number of phosphoric ester groups is 2. The molecule has 3 N–H and O–H groups in total. The first-order valence-electron chi connectivity index (χ1n) is 43.6. The number of ether oxygens (including phenoxy) is 4. The molecule has 19 heteroatoms. The summed E-state index contributed by atoms with van der Waals surface area (Å²) in [6, 6.07) is 0. The Hall–Kier alpha value is -1.94. The molecule has 7 atom stereocenters. The molecule has 4 unspecified atom stereocenters. The van der Waals surface area contributed by atoms with E-state index in [2.05, 4.69) is 41.5 Å². The molecule has 0 bridgehead atoms. The molecule has 0 saturated heterocycles. The van der Waals surface area contributed by atoms with Gasteiger partial charge in [-0.1, -0.05) is 395 Å². The molecule has 0 aromatic carbocycles. The average Bonchev–Trinajstić information content (AvgIpc) is 1.18. The molecule has 0 fully saturated rings. The first-order chi connectivity index (χ1) is 49.9. The Labute approximate surface area is 632 Å². The van der Waals surface area contributed by atoms with Gasteiger partial charge in [0.25, 0.3) is 0 Å². The van der Waals surface area contributed by atoms with Gasteiger partial charge in [0.05, 0.1) is 26.4 Å². The summed E-state index contributed by atoms with van der Waals surface area (Å²) in [4.78, 5) is 73.2. The summed E-state index contributed by atoms with van der Waals surface area (Å²) in [5.41, 5.74) is 0. The number of esters is 4. The fraction of sp³-hybridized carbons (Fsp3) is 0.952. The molecule has 103 heavy (non-hydrogen) atoms. The molecular weight excluding hydrogens is 1340 g/mol. The monoisotopic (exact) mass is 1510 g/mol. The van der Waals surface area contributed by atoms with Gasteiger partial charge < -0.3 is 33.8 Å². The van der Waals surface area contributed by atoms with Crippen molar-refractivity contribution in [1.82, 2.24) is 0 Å². The maximum Gasteiger partial charge on any atom is 0.472 e. The van der Waals surface area contributed by atoms with Crippen molar-refractivity contribution in [3.05, 3.63) is 0 Å². The number of carbonyl (C=O) groups is 4. The second kappa shape index (κ2) is 75.5. The third-order valence-electron chi connectivity index (χ3n) is 20.4. The van der Waals surface area contributed by atoms with Crippen molar-refractivity contribution in [3.8, 4) is 0 Å². The Kier molecular flexibility index (Phi) is 74.1. The Morgan fingerprint density at radius 3 is 0.689 bits per heavy atom. The van der Waals surface area contributed by atoms with Gasteiger partial charge >= 0.3 is 39.5 Å². The molecule has 17 nitrogen and oxygen atoms in total. The van der Waals surface area contributed by atoms with Crippen molar-refractivity contribution in [3.63, 3.8) is 0 Å². The molecule has 0 aliphatic rings. The van der Waals surface area contributed by atoms with Crippen molar-refractivity contribution >= 4 is 39.5 Å². The first-order valence-corrected chi connectivity index (χ1v) is 46.6. The number of aliphatic hydroxyl groups excluding tert-OH is 1. The lowest BCUT2D eigenvalue weighted by atomic mass is 9.99. The summed E-state index contributed by atoms with van der Waals surface area (Å²) in [6.07, 6.45) is 66.5. The van der Waals surface area contributed by atoms with Crippen LogP contribution in [0.3, 0.4) is 0 Å². The van der Waals surface area contributed by atoms with Crippen LogP contribution >= 0.6 is 15.6 Å². The van der Waals surface area contributed by atoms with Crippen molar-refractivity contribution in [2.24, 2.45) is 11.8 Å². The Balaban J connectivity index is 5.26. The van der Waals surface area contributed by atoms with Crippen LogP contribution in [0, 0.1) is 11.8 Å². The molecule has 612 valence electrons. The van der Waals surface area contributed by atoms with Gasteiger partial charge in [-0.15, -0.1) is 0 Å². The minimum absolute atomic E-state index is 0.106. The predicted molar refractivity (Wildman–Crippen MR) is 423 cm³/mol. The zero-order chi connectivity index (χ0) is 75.6. The van der Waals surface area contributed by atoms with Crippen molar-refractivity contribution in [2.75, 3.05) is 39.6 Å². The standard InChI is InChI=1S/C84H164O17P2/c1-7-11-13-15-17-19-21-23-25-27-29-31-33-35-37-42-50-56-62-68-83(88)100-79(72-94-81(86)66-60-54-48-41-36-34-32-30-28-26-24-22-20-18-16-14-12-8-2)74-98-102(90,91)96-70-78(85)71-97-103(92,93)99-75-80(73-95-82(87)67-61-55-49-45-44-47-53-59-65-77(6)10-4)101-84(89)69-63-57-51-43-39-38-40-46-52-58-64-76(5)9-3/h76-80,85H,7-75H2,1-6H3,(H,90,91)(H,92,93)/t76?,77?,78-,79-,80-/m1/s1. The highest BCUT2D eigenvalue weighted by atomic mass is 31.2. The molecule has 0 aromatic rings. The molecule has 0 saturated carbocycles. The highest BCUT2D eigenvalue weighted by molar-refractivity contribution is 7.47. The van der Waals surface area contributed by atoms with Gasteiger partial charge in [-0.2, -0.15) is 0 Å². The first kappa shape index (κ1) is 101. The van der Waals surface area contributed by atoms with Crippen LogP contribution in [0.15, 0.2) is 0 Å².